The summed E-state index contributed by atoms with van der Waals surface area (Å²) in [7, 11) is 0. The molecular formula is C12H13BrFNO2. The Bertz CT molecular complexity index is 435. The van der Waals surface area contributed by atoms with E-state index in [1.54, 1.807) is 12.1 Å². The number of carboxylic acid groups (broad SMARTS) is 1. The number of nitrogens with zero attached hydrogens (tertiary/aromatic N) is 1. The highest BCUT2D eigenvalue weighted by Crippen LogP contribution is 2.28. The zero-order valence-electron chi connectivity index (χ0n) is 9.20. The van der Waals surface area contributed by atoms with Crippen LogP contribution in [-0.2, 0) is 11.3 Å². The lowest BCUT2D eigenvalue weighted by Gasteiger charge is -2.19. The van der Waals surface area contributed by atoms with Gasteiger partial charge in [0.05, 0.1) is 11.0 Å². The van der Waals surface area contributed by atoms with Gasteiger partial charge < -0.3 is 5.11 Å². The van der Waals surface area contributed by atoms with Crippen molar-refractivity contribution in [3.63, 3.8) is 0 Å². The second kappa shape index (κ2) is 5.14. The van der Waals surface area contributed by atoms with Gasteiger partial charge in [-0.3, -0.25) is 9.69 Å². The van der Waals surface area contributed by atoms with Crippen molar-refractivity contribution in [3.8, 4) is 0 Å². The molecule has 1 aliphatic carbocycles. The Morgan fingerprint density at radius 2 is 2.24 bits per heavy atom. The van der Waals surface area contributed by atoms with E-state index < -0.39 is 5.97 Å². The maximum Gasteiger partial charge on any atom is 0.317 e. The fourth-order valence-corrected chi connectivity index (χ4v) is 2.23. The molecule has 0 atom stereocenters. The second-order valence-corrected chi connectivity index (χ2v) is 5.13. The highest BCUT2D eigenvalue weighted by Gasteiger charge is 2.30. The minimum absolute atomic E-state index is 0.0413. The topological polar surface area (TPSA) is 40.5 Å². The smallest absolute Gasteiger partial charge is 0.317 e. The molecule has 0 spiro atoms. The van der Waals surface area contributed by atoms with Crippen LogP contribution in [0.3, 0.4) is 0 Å². The van der Waals surface area contributed by atoms with E-state index in [9.17, 15) is 9.18 Å². The summed E-state index contributed by atoms with van der Waals surface area (Å²) in [4.78, 5) is 12.7. The SMILES string of the molecule is O=C(O)CN(Cc1ccc(F)c(Br)c1)C1CC1. The Balaban J connectivity index is 2.06. The first-order chi connectivity index (χ1) is 8.06. The summed E-state index contributed by atoms with van der Waals surface area (Å²) in [6.07, 6.45) is 2.10. The number of hydrogen-bond donors (Lipinski definition) is 1. The van der Waals surface area contributed by atoms with Crippen molar-refractivity contribution in [2.75, 3.05) is 6.54 Å². The van der Waals surface area contributed by atoms with Gasteiger partial charge in [0.2, 0.25) is 0 Å². The fourth-order valence-electron chi connectivity index (χ4n) is 1.80. The third-order valence-electron chi connectivity index (χ3n) is 2.77. The van der Waals surface area contributed by atoms with Gasteiger partial charge in [-0.05, 0) is 46.5 Å². The van der Waals surface area contributed by atoms with E-state index in [1.807, 2.05) is 4.90 Å². The van der Waals surface area contributed by atoms with Gasteiger partial charge in [0.15, 0.2) is 0 Å². The molecule has 0 saturated heterocycles. The zero-order chi connectivity index (χ0) is 12.4. The molecule has 0 aliphatic heterocycles. The van der Waals surface area contributed by atoms with Crippen molar-refractivity contribution in [3.05, 3.63) is 34.1 Å². The van der Waals surface area contributed by atoms with Crippen LogP contribution in [0.1, 0.15) is 18.4 Å². The predicted molar refractivity (Wildman–Crippen MR) is 65.2 cm³/mol. The maximum atomic E-state index is 13.1. The van der Waals surface area contributed by atoms with Crippen LogP contribution in [0.15, 0.2) is 22.7 Å². The molecule has 0 unspecified atom stereocenters. The summed E-state index contributed by atoms with van der Waals surface area (Å²) >= 11 is 3.13. The molecule has 0 heterocycles. The van der Waals surface area contributed by atoms with Gasteiger partial charge in [-0.1, -0.05) is 6.07 Å². The summed E-state index contributed by atoms with van der Waals surface area (Å²) in [5.74, 6) is -1.12. The molecule has 92 valence electrons. The summed E-state index contributed by atoms with van der Waals surface area (Å²) in [6, 6.07) is 5.16. The van der Waals surface area contributed by atoms with Gasteiger partial charge in [-0.2, -0.15) is 0 Å². The van der Waals surface area contributed by atoms with Crippen LogP contribution in [0.4, 0.5) is 4.39 Å². The Kier molecular flexibility index (Phi) is 3.79. The van der Waals surface area contributed by atoms with Gasteiger partial charge in [-0.15, -0.1) is 0 Å². The summed E-state index contributed by atoms with van der Waals surface area (Å²) in [6.45, 7) is 0.593. The third kappa shape index (κ3) is 3.51. The minimum Gasteiger partial charge on any atom is -0.480 e. The third-order valence-corrected chi connectivity index (χ3v) is 3.38. The molecular weight excluding hydrogens is 289 g/mol. The van der Waals surface area contributed by atoms with E-state index in [0.717, 1.165) is 18.4 Å². The minimum atomic E-state index is -0.821. The number of aliphatic carboxylic acids is 1. The van der Waals surface area contributed by atoms with E-state index in [4.69, 9.17) is 5.11 Å². The van der Waals surface area contributed by atoms with Crippen molar-refractivity contribution in [1.29, 1.82) is 0 Å². The normalized spacial score (nSPS) is 15.2. The number of carboxylic acids is 1. The summed E-state index contributed by atoms with van der Waals surface area (Å²) < 4.78 is 13.5. The number of halogens is 2. The Morgan fingerprint density at radius 3 is 2.76 bits per heavy atom. The standard InChI is InChI=1S/C12H13BrFNO2/c13-10-5-8(1-4-11(10)14)6-15(7-12(16)17)9-2-3-9/h1,4-5,9H,2-3,6-7H2,(H,16,17). The molecule has 1 fully saturated rings. The molecule has 1 aromatic carbocycles. The molecule has 5 heteroatoms. The fraction of sp³-hybridized carbons (Fsp3) is 0.417. The van der Waals surface area contributed by atoms with Crippen molar-refractivity contribution in [2.45, 2.75) is 25.4 Å². The summed E-state index contributed by atoms with van der Waals surface area (Å²) in [5.41, 5.74) is 0.923. The number of benzene rings is 1. The molecule has 17 heavy (non-hydrogen) atoms. The Hall–Kier alpha value is -0.940. The lowest BCUT2D eigenvalue weighted by Crippen LogP contribution is -2.31. The lowest BCUT2D eigenvalue weighted by atomic mass is 10.2. The molecule has 1 saturated carbocycles. The number of hydrogen-bond acceptors (Lipinski definition) is 2. The van der Waals surface area contributed by atoms with E-state index in [2.05, 4.69) is 15.9 Å². The number of carbonyl (C=O) groups is 1. The average Bonchev–Trinajstić information content (AvgIpc) is 3.05. The summed E-state index contributed by atoms with van der Waals surface area (Å²) in [5, 5.41) is 8.83. The van der Waals surface area contributed by atoms with Crippen LogP contribution in [0.5, 0.6) is 0 Å². The van der Waals surface area contributed by atoms with Crippen molar-refractivity contribution in [2.24, 2.45) is 0 Å². The molecule has 1 aliphatic rings. The first-order valence-electron chi connectivity index (χ1n) is 5.46. The molecule has 0 amide bonds. The molecule has 1 N–H and O–H groups in total. The first-order valence-corrected chi connectivity index (χ1v) is 6.25. The number of rotatable bonds is 5. The van der Waals surface area contributed by atoms with E-state index in [-0.39, 0.29) is 12.4 Å². The molecule has 0 aromatic heterocycles. The van der Waals surface area contributed by atoms with Crippen LogP contribution in [0.25, 0.3) is 0 Å². The van der Waals surface area contributed by atoms with Crippen LogP contribution >= 0.6 is 15.9 Å². The second-order valence-electron chi connectivity index (χ2n) is 4.28. The lowest BCUT2D eigenvalue weighted by molar-refractivity contribution is -0.138. The molecule has 1 aromatic rings. The predicted octanol–water partition coefficient (Wildman–Crippen LogP) is 2.64. The van der Waals surface area contributed by atoms with Gasteiger partial charge in [0.1, 0.15) is 5.82 Å². The van der Waals surface area contributed by atoms with Crippen molar-refractivity contribution < 1.29 is 14.3 Å². The Morgan fingerprint density at radius 1 is 1.53 bits per heavy atom. The highest BCUT2D eigenvalue weighted by atomic mass is 79.9. The molecule has 0 radical (unpaired) electrons. The quantitative estimate of drug-likeness (QED) is 0.909. The zero-order valence-corrected chi connectivity index (χ0v) is 10.8. The molecule has 3 nitrogen and oxygen atoms in total. The van der Waals surface area contributed by atoms with E-state index >= 15 is 0 Å². The van der Waals surface area contributed by atoms with E-state index in [1.165, 1.54) is 6.07 Å². The van der Waals surface area contributed by atoms with Gasteiger partial charge in [0, 0.05) is 12.6 Å². The molecule has 2 rings (SSSR count). The monoisotopic (exact) mass is 301 g/mol. The van der Waals surface area contributed by atoms with Gasteiger partial charge >= 0.3 is 5.97 Å². The largest absolute Gasteiger partial charge is 0.480 e. The average molecular weight is 302 g/mol. The van der Waals surface area contributed by atoms with Gasteiger partial charge in [-0.25, -0.2) is 4.39 Å². The van der Waals surface area contributed by atoms with Crippen molar-refractivity contribution in [1.82, 2.24) is 4.90 Å². The highest BCUT2D eigenvalue weighted by molar-refractivity contribution is 9.10. The van der Waals surface area contributed by atoms with E-state index in [0.29, 0.717) is 17.1 Å². The van der Waals surface area contributed by atoms with Gasteiger partial charge in [0.25, 0.3) is 0 Å². The van der Waals surface area contributed by atoms with Crippen molar-refractivity contribution >= 4 is 21.9 Å². The van der Waals surface area contributed by atoms with Crippen LogP contribution < -0.4 is 0 Å². The maximum absolute atomic E-state index is 13.1. The molecule has 0 bridgehead atoms. The first kappa shape index (κ1) is 12.5. The van der Waals surface area contributed by atoms with Crippen LogP contribution in [0.2, 0.25) is 0 Å². The van der Waals surface area contributed by atoms with Crippen LogP contribution in [-0.4, -0.2) is 28.6 Å². The van der Waals surface area contributed by atoms with Crippen LogP contribution in [0, 0.1) is 5.82 Å². The Labute approximate surface area is 107 Å².